The van der Waals surface area contributed by atoms with Crippen LogP contribution in [0.5, 0.6) is 11.5 Å². The number of nitrogens with one attached hydrogen (secondary N) is 1. The standard InChI is InChI=1S/C22H21N3O3/c1-14-10-19-17(11-20(14)27)22(16(12-23)13-24-19)25-18-7-3-4-8-21(18)28-9-5-6-15(2)26/h3-4,7-8,10-11,13,27H,5-6,9H2,1-2H3,(H,24,25). The van der Waals surface area contributed by atoms with Gasteiger partial charge in [0, 0.05) is 18.0 Å². The van der Waals surface area contributed by atoms with E-state index in [2.05, 4.69) is 16.4 Å². The van der Waals surface area contributed by atoms with Crippen molar-refractivity contribution in [1.82, 2.24) is 4.98 Å². The predicted molar refractivity (Wildman–Crippen MR) is 108 cm³/mol. The van der Waals surface area contributed by atoms with Crippen molar-refractivity contribution in [3.8, 4) is 17.6 Å². The van der Waals surface area contributed by atoms with E-state index in [9.17, 15) is 15.2 Å². The lowest BCUT2D eigenvalue weighted by Gasteiger charge is -2.16. The summed E-state index contributed by atoms with van der Waals surface area (Å²) in [5.41, 5.74) is 3.00. The number of ether oxygens (including phenoxy) is 1. The molecule has 2 aromatic carbocycles. The SMILES string of the molecule is CC(=O)CCCOc1ccccc1Nc1c(C#N)cnc2cc(C)c(O)cc12. The molecule has 0 aliphatic carbocycles. The molecule has 3 rings (SSSR count). The molecule has 0 atom stereocenters. The molecule has 0 fully saturated rings. The van der Waals surface area contributed by atoms with Gasteiger partial charge in [0.05, 0.1) is 29.1 Å². The first-order valence-corrected chi connectivity index (χ1v) is 9.00. The second-order valence-corrected chi connectivity index (χ2v) is 6.59. The molecular formula is C22H21N3O3. The van der Waals surface area contributed by atoms with Crippen LogP contribution in [-0.4, -0.2) is 22.5 Å². The lowest BCUT2D eigenvalue weighted by atomic mass is 10.1. The fraction of sp³-hybridized carbons (Fsp3) is 0.227. The van der Waals surface area contributed by atoms with E-state index < -0.39 is 0 Å². The zero-order valence-corrected chi connectivity index (χ0v) is 15.8. The zero-order valence-electron chi connectivity index (χ0n) is 15.8. The molecular weight excluding hydrogens is 354 g/mol. The molecule has 28 heavy (non-hydrogen) atoms. The molecule has 0 radical (unpaired) electrons. The largest absolute Gasteiger partial charge is 0.508 e. The van der Waals surface area contributed by atoms with Gasteiger partial charge >= 0.3 is 0 Å². The number of phenolic OH excluding ortho intramolecular Hbond substituents is 1. The Morgan fingerprint density at radius 2 is 2.11 bits per heavy atom. The summed E-state index contributed by atoms with van der Waals surface area (Å²) in [7, 11) is 0. The number of anilines is 2. The van der Waals surface area contributed by atoms with E-state index in [1.165, 1.54) is 6.20 Å². The second-order valence-electron chi connectivity index (χ2n) is 6.59. The van der Waals surface area contributed by atoms with Crippen LogP contribution in [0.2, 0.25) is 0 Å². The quantitative estimate of drug-likeness (QED) is 0.586. The third-order valence-corrected chi connectivity index (χ3v) is 4.38. The third kappa shape index (κ3) is 4.21. The Bertz CT molecular complexity index is 1070. The maximum absolute atomic E-state index is 11.1. The number of carbonyl (C=O) groups is 1. The van der Waals surface area contributed by atoms with Gasteiger partial charge in [-0.2, -0.15) is 5.26 Å². The van der Waals surface area contributed by atoms with E-state index >= 15 is 0 Å². The molecule has 0 saturated carbocycles. The molecule has 1 aromatic heterocycles. The summed E-state index contributed by atoms with van der Waals surface area (Å²) >= 11 is 0. The molecule has 0 aliphatic heterocycles. The number of rotatable bonds is 7. The van der Waals surface area contributed by atoms with Crippen molar-refractivity contribution in [3.63, 3.8) is 0 Å². The van der Waals surface area contributed by atoms with Crippen molar-refractivity contribution in [2.45, 2.75) is 26.7 Å². The lowest BCUT2D eigenvalue weighted by Crippen LogP contribution is -2.03. The van der Waals surface area contributed by atoms with Gasteiger partial charge in [0.1, 0.15) is 23.4 Å². The maximum Gasteiger partial charge on any atom is 0.142 e. The van der Waals surface area contributed by atoms with E-state index in [4.69, 9.17) is 4.74 Å². The van der Waals surface area contributed by atoms with Crippen molar-refractivity contribution in [2.24, 2.45) is 0 Å². The van der Waals surface area contributed by atoms with Crippen LogP contribution in [-0.2, 0) is 4.79 Å². The van der Waals surface area contributed by atoms with E-state index in [1.807, 2.05) is 24.3 Å². The number of benzene rings is 2. The van der Waals surface area contributed by atoms with Crippen LogP contribution < -0.4 is 10.1 Å². The first-order chi connectivity index (χ1) is 13.5. The molecule has 0 saturated heterocycles. The monoisotopic (exact) mass is 375 g/mol. The van der Waals surface area contributed by atoms with Gasteiger partial charge in [0.15, 0.2) is 0 Å². The van der Waals surface area contributed by atoms with Crippen LogP contribution in [0, 0.1) is 18.3 Å². The fourth-order valence-corrected chi connectivity index (χ4v) is 2.89. The van der Waals surface area contributed by atoms with Gasteiger partial charge in [0.2, 0.25) is 0 Å². The summed E-state index contributed by atoms with van der Waals surface area (Å²) in [5, 5.41) is 23.6. The third-order valence-electron chi connectivity index (χ3n) is 4.38. The molecule has 0 spiro atoms. The van der Waals surface area contributed by atoms with E-state index in [0.717, 1.165) is 0 Å². The summed E-state index contributed by atoms with van der Waals surface area (Å²) in [4.78, 5) is 15.4. The maximum atomic E-state index is 11.1. The number of aromatic hydroxyl groups is 1. The van der Waals surface area contributed by atoms with Crippen molar-refractivity contribution < 1.29 is 14.6 Å². The number of aryl methyl sites for hydroxylation is 1. The van der Waals surface area contributed by atoms with Crippen molar-refractivity contribution in [3.05, 3.63) is 53.7 Å². The highest BCUT2D eigenvalue weighted by Gasteiger charge is 2.13. The summed E-state index contributed by atoms with van der Waals surface area (Å²) in [6.07, 6.45) is 2.62. The van der Waals surface area contributed by atoms with E-state index in [1.54, 1.807) is 26.0 Å². The van der Waals surface area contributed by atoms with Gasteiger partial charge < -0.3 is 20.0 Å². The number of aromatic nitrogens is 1. The summed E-state index contributed by atoms with van der Waals surface area (Å²) in [6.45, 7) is 3.77. The molecule has 0 amide bonds. The number of ketones is 1. The average molecular weight is 375 g/mol. The minimum absolute atomic E-state index is 0.132. The number of hydrogen-bond donors (Lipinski definition) is 2. The average Bonchev–Trinajstić information content (AvgIpc) is 2.67. The van der Waals surface area contributed by atoms with Gasteiger partial charge in [0.25, 0.3) is 0 Å². The van der Waals surface area contributed by atoms with E-state index in [-0.39, 0.29) is 11.5 Å². The van der Waals surface area contributed by atoms with Gasteiger partial charge in [-0.15, -0.1) is 0 Å². The van der Waals surface area contributed by atoms with Crippen LogP contribution in [0.15, 0.2) is 42.6 Å². The number of nitriles is 1. The Morgan fingerprint density at radius 3 is 2.86 bits per heavy atom. The smallest absolute Gasteiger partial charge is 0.142 e. The molecule has 2 N–H and O–H groups in total. The highest BCUT2D eigenvalue weighted by molar-refractivity contribution is 5.97. The van der Waals surface area contributed by atoms with Crippen molar-refractivity contribution in [1.29, 1.82) is 5.26 Å². The molecule has 6 heteroatoms. The first kappa shape index (κ1) is 19.2. The minimum Gasteiger partial charge on any atom is -0.508 e. The van der Waals surface area contributed by atoms with E-state index in [0.29, 0.717) is 58.6 Å². The molecule has 6 nitrogen and oxygen atoms in total. The summed E-state index contributed by atoms with van der Waals surface area (Å²) < 4.78 is 5.83. The Labute approximate surface area is 163 Å². The van der Waals surface area contributed by atoms with Gasteiger partial charge in [-0.3, -0.25) is 4.98 Å². The topological polar surface area (TPSA) is 95.2 Å². The van der Waals surface area contributed by atoms with Gasteiger partial charge in [-0.25, -0.2) is 0 Å². The second kappa shape index (κ2) is 8.40. The number of hydrogen-bond acceptors (Lipinski definition) is 6. The number of Topliss-reactive ketones (excluding diaryl/α,β-unsaturated/α-hetero) is 1. The Hall–Kier alpha value is -3.59. The highest BCUT2D eigenvalue weighted by atomic mass is 16.5. The van der Waals surface area contributed by atoms with Crippen LogP contribution in [0.4, 0.5) is 11.4 Å². The van der Waals surface area contributed by atoms with Crippen molar-refractivity contribution in [2.75, 3.05) is 11.9 Å². The number of para-hydroxylation sites is 2. The summed E-state index contributed by atoms with van der Waals surface area (Å²) in [5.74, 6) is 0.893. The van der Waals surface area contributed by atoms with Gasteiger partial charge in [-0.1, -0.05) is 12.1 Å². The number of carbonyl (C=O) groups excluding carboxylic acids is 1. The predicted octanol–water partition coefficient (Wildman–Crippen LogP) is 4.61. The number of fused-ring (bicyclic) bond motifs is 1. The molecule has 0 unspecified atom stereocenters. The van der Waals surface area contributed by atoms with Crippen LogP contribution in [0.1, 0.15) is 30.9 Å². The number of phenols is 1. The Morgan fingerprint density at radius 1 is 1.32 bits per heavy atom. The minimum atomic E-state index is 0.132. The van der Waals surface area contributed by atoms with Gasteiger partial charge in [-0.05, 0) is 50.1 Å². The Kier molecular flexibility index (Phi) is 5.75. The number of nitrogens with zero attached hydrogens (tertiary/aromatic N) is 2. The lowest BCUT2D eigenvalue weighted by molar-refractivity contribution is -0.117. The van der Waals surface area contributed by atoms with Crippen molar-refractivity contribution >= 4 is 28.1 Å². The molecule has 3 aromatic rings. The van der Waals surface area contributed by atoms with Crippen LogP contribution in [0.25, 0.3) is 10.9 Å². The number of pyridine rings is 1. The summed E-state index contributed by atoms with van der Waals surface area (Å²) in [6, 6.07) is 12.9. The normalized spacial score (nSPS) is 10.5. The first-order valence-electron chi connectivity index (χ1n) is 9.00. The molecule has 0 aliphatic rings. The Balaban J connectivity index is 1.96. The van der Waals surface area contributed by atoms with Crippen LogP contribution >= 0.6 is 0 Å². The zero-order chi connectivity index (χ0) is 20.1. The fourth-order valence-electron chi connectivity index (χ4n) is 2.89. The van der Waals surface area contributed by atoms with Crippen LogP contribution in [0.3, 0.4) is 0 Å². The molecule has 0 bridgehead atoms. The molecule has 142 valence electrons. The molecule has 1 heterocycles. The highest BCUT2D eigenvalue weighted by Crippen LogP contribution is 2.35.